The molecule has 2 atom stereocenters. The van der Waals surface area contributed by atoms with Gasteiger partial charge in [-0.15, -0.1) is 0 Å². The van der Waals surface area contributed by atoms with Gasteiger partial charge in [0, 0.05) is 13.2 Å². The van der Waals surface area contributed by atoms with Gasteiger partial charge in [0.05, 0.1) is 6.20 Å². The van der Waals surface area contributed by atoms with Crippen molar-refractivity contribution in [1.82, 2.24) is 30.0 Å². The molecule has 2 unspecified atom stereocenters. The summed E-state index contributed by atoms with van der Waals surface area (Å²) < 4.78 is 4.21. The fraction of sp³-hybridized carbons (Fsp3) is 0.433. The number of thiazole rings is 1. The predicted octanol–water partition coefficient (Wildman–Crippen LogP) is 2.46. The van der Waals surface area contributed by atoms with Crippen molar-refractivity contribution in [2.75, 3.05) is 14.2 Å². The summed E-state index contributed by atoms with van der Waals surface area (Å²) in [5.41, 5.74) is 5.36. The van der Waals surface area contributed by atoms with E-state index in [1.165, 1.54) is 33.3 Å². The minimum absolute atomic E-state index is 0.0404. The van der Waals surface area contributed by atoms with Crippen LogP contribution < -0.4 is 31.8 Å². The van der Waals surface area contributed by atoms with Crippen LogP contribution in [0.3, 0.4) is 0 Å². The molecule has 10 heteroatoms. The van der Waals surface area contributed by atoms with E-state index in [-0.39, 0.29) is 38.1 Å². The minimum Gasteiger partial charge on any atom is -0.180 e. The molecular formula is C30H35IN7OS-. The number of nitrogens with zero attached hydrogens (tertiary/aromatic N) is 5. The van der Waals surface area contributed by atoms with Crippen molar-refractivity contribution in [3.8, 4) is 11.3 Å². The zero-order valence-electron chi connectivity index (χ0n) is 23.4. The Bertz CT molecular complexity index is 1530. The number of anilines is 2. The van der Waals surface area contributed by atoms with E-state index in [4.69, 9.17) is 4.98 Å². The molecule has 0 radical (unpaired) electrons. The van der Waals surface area contributed by atoms with Gasteiger partial charge in [-0.2, -0.15) is 5.10 Å². The standard InChI is InChI=1S/C30H35IN7OS/c1-29(2,3)27-33-16-25(40-27)26(39)37-30(11-5-12-31-18-30)23-9-7-19-14-20(6-8-22(19)23)24-10-13-32-28(36-24)35-21-15-34-38(4)17-21/h6,8,10,13-17,23H,5,7,9,11-12,18H2,1-4H3,(H,37,39)(H,32,35,36)/q-1. The number of aryl methyl sites for hydroxylation is 2. The summed E-state index contributed by atoms with van der Waals surface area (Å²) in [4.78, 5) is 28.0. The number of amides is 1. The van der Waals surface area contributed by atoms with Crippen LogP contribution in [0.4, 0.5) is 11.6 Å². The van der Waals surface area contributed by atoms with Crippen LogP contribution in [0.15, 0.2) is 49.1 Å². The molecule has 1 saturated heterocycles. The predicted molar refractivity (Wildman–Crippen MR) is 155 cm³/mol. The molecule has 40 heavy (non-hydrogen) atoms. The Kier molecular flexibility index (Phi) is 7.41. The molecular weight excluding hydrogens is 633 g/mol. The van der Waals surface area contributed by atoms with E-state index in [0.717, 1.165) is 50.5 Å². The first-order chi connectivity index (χ1) is 19.2. The molecule has 2 aliphatic rings. The maximum absolute atomic E-state index is 13.6. The van der Waals surface area contributed by atoms with Crippen molar-refractivity contribution >= 4 is 28.9 Å². The second kappa shape index (κ2) is 10.8. The van der Waals surface area contributed by atoms with E-state index in [1.807, 2.05) is 19.3 Å². The smallest absolute Gasteiger partial charge is 0.0726 e. The number of aromatic nitrogens is 5. The van der Waals surface area contributed by atoms with Gasteiger partial charge in [0.1, 0.15) is 0 Å². The van der Waals surface area contributed by atoms with Crippen LogP contribution >= 0.6 is 11.3 Å². The monoisotopic (exact) mass is 668 g/mol. The van der Waals surface area contributed by atoms with E-state index in [1.54, 1.807) is 23.3 Å². The third-order valence-electron chi connectivity index (χ3n) is 7.76. The van der Waals surface area contributed by atoms with Crippen LogP contribution in [0, 0.1) is 0 Å². The van der Waals surface area contributed by atoms with Crippen molar-refractivity contribution in [2.24, 2.45) is 7.05 Å². The van der Waals surface area contributed by atoms with E-state index in [0.29, 0.717) is 11.9 Å². The summed E-state index contributed by atoms with van der Waals surface area (Å²) in [5, 5.41) is 12.0. The first kappa shape index (κ1) is 27.3. The summed E-state index contributed by atoms with van der Waals surface area (Å²) in [6.07, 6.45) is 11.5. The maximum Gasteiger partial charge on any atom is 0.0726 e. The molecule has 210 valence electrons. The number of hydrogen-bond acceptors (Lipinski definition) is 7. The van der Waals surface area contributed by atoms with E-state index < -0.39 is 0 Å². The summed E-state index contributed by atoms with van der Waals surface area (Å²) >= 11 is 1.61. The summed E-state index contributed by atoms with van der Waals surface area (Å²) in [5.74, 6) is 0.927. The Balaban J connectivity index is 1.25. The number of carbonyl (C=O) groups is 1. The van der Waals surface area contributed by atoms with Crippen molar-refractivity contribution in [3.63, 3.8) is 0 Å². The topological polar surface area (TPSA) is 97.6 Å². The molecule has 2 N–H and O–H groups in total. The number of nitrogens with one attached hydrogen (secondary N) is 2. The second-order valence-electron chi connectivity index (χ2n) is 11.8. The molecule has 1 amide bonds. The number of hydrogen-bond donors (Lipinski definition) is 2. The van der Waals surface area contributed by atoms with Crippen molar-refractivity contribution < 1.29 is 26.0 Å². The van der Waals surface area contributed by atoms with Gasteiger partial charge in [-0.3, -0.25) is 4.68 Å². The van der Waals surface area contributed by atoms with Crippen molar-refractivity contribution in [1.29, 1.82) is 0 Å². The van der Waals surface area contributed by atoms with Gasteiger partial charge in [-0.25, -0.2) is 0 Å². The Hall–Kier alpha value is -2.86. The Morgan fingerprint density at radius 3 is 2.80 bits per heavy atom. The molecule has 4 aromatic rings. The molecule has 4 heterocycles. The zero-order chi connectivity index (χ0) is 27.9. The van der Waals surface area contributed by atoms with Gasteiger partial charge < -0.3 is 0 Å². The molecule has 6 rings (SSSR count). The molecule has 8 nitrogen and oxygen atoms in total. The molecule has 3 aromatic heterocycles. The zero-order valence-corrected chi connectivity index (χ0v) is 26.3. The summed E-state index contributed by atoms with van der Waals surface area (Å²) in [6, 6.07) is 8.71. The second-order valence-corrected chi connectivity index (χ2v) is 15.8. The largest absolute Gasteiger partial charge is 0.180 e. The van der Waals surface area contributed by atoms with Gasteiger partial charge in [-0.1, -0.05) is 0 Å². The average Bonchev–Trinajstić information content (AvgIpc) is 3.69. The maximum atomic E-state index is 13.6. The molecule has 0 bridgehead atoms. The van der Waals surface area contributed by atoms with Crippen LogP contribution in [-0.2, 0) is 18.9 Å². The minimum atomic E-state index is -0.170. The van der Waals surface area contributed by atoms with E-state index >= 15 is 0 Å². The number of rotatable bonds is 6. The van der Waals surface area contributed by atoms with Gasteiger partial charge in [0.25, 0.3) is 0 Å². The van der Waals surface area contributed by atoms with E-state index in [2.05, 4.69) is 64.7 Å². The van der Waals surface area contributed by atoms with Crippen LogP contribution in [0.25, 0.3) is 11.3 Å². The Morgan fingerprint density at radius 2 is 2.08 bits per heavy atom. The van der Waals surface area contributed by atoms with Crippen LogP contribution in [0.2, 0.25) is 0 Å². The van der Waals surface area contributed by atoms with Gasteiger partial charge >= 0.3 is 222 Å². The molecule has 1 aliphatic heterocycles. The SMILES string of the molecule is Cn1cc(Nc2nccc(-c3ccc4c(c3)CCC4C3(NC(=O)c4cnc(C(C)(C)C)s4)CCC[I-]C3)n2)cn1. The number of alkyl halides is 2. The molecule has 0 spiro atoms. The number of halogens is 1. The van der Waals surface area contributed by atoms with Gasteiger partial charge in [-0.05, 0) is 0 Å². The normalized spacial score (nSPS) is 20.9. The van der Waals surface area contributed by atoms with Crippen molar-refractivity contribution in [2.45, 2.75) is 63.3 Å². The van der Waals surface area contributed by atoms with E-state index in [9.17, 15) is 4.79 Å². The number of benzene rings is 1. The molecule has 1 aromatic carbocycles. The first-order valence-electron chi connectivity index (χ1n) is 13.7. The quantitative estimate of drug-likeness (QED) is 0.242. The van der Waals surface area contributed by atoms with Gasteiger partial charge in [0.2, 0.25) is 0 Å². The fourth-order valence-corrected chi connectivity index (χ4v) is 10.0. The third-order valence-corrected chi connectivity index (χ3v) is 12.6. The van der Waals surface area contributed by atoms with Gasteiger partial charge in [0.15, 0.2) is 0 Å². The van der Waals surface area contributed by atoms with Crippen LogP contribution in [-0.4, -0.2) is 45.0 Å². The summed E-state index contributed by atoms with van der Waals surface area (Å²) in [6.45, 7) is 6.43. The fourth-order valence-electron chi connectivity index (χ4n) is 5.79. The summed E-state index contributed by atoms with van der Waals surface area (Å²) in [7, 11) is 1.88. The molecule has 1 fully saturated rings. The van der Waals surface area contributed by atoms with Crippen LogP contribution in [0.5, 0.6) is 0 Å². The Morgan fingerprint density at radius 1 is 1.20 bits per heavy atom. The molecule has 0 saturated carbocycles. The number of carbonyl (C=O) groups excluding carboxylic acids is 1. The van der Waals surface area contributed by atoms with Crippen molar-refractivity contribution in [3.05, 3.63) is 70.1 Å². The first-order valence-corrected chi connectivity index (χ1v) is 17.6. The average molecular weight is 669 g/mol. The Labute approximate surface area is 249 Å². The third kappa shape index (κ3) is 5.52. The molecule has 1 aliphatic carbocycles. The number of fused-ring (bicyclic) bond motifs is 1. The van der Waals surface area contributed by atoms with Crippen LogP contribution in [0.1, 0.15) is 71.8 Å².